The molecule has 0 unspecified atom stereocenters. The van der Waals surface area contributed by atoms with Gasteiger partial charge in [0.05, 0.1) is 48.2 Å². The normalized spacial score (nSPS) is 15.1. The van der Waals surface area contributed by atoms with Gasteiger partial charge in [-0.2, -0.15) is 0 Å². The Morgan fingerprint density at radius 2 is 1.84 bits per heavy atom. The SMILES string of the molecule is CCCC1=C(C(=O)OCC)[C@@H](c2cccc(OC)c2)n2c(sc(=Cc3ccc(C(=O)OC)cc3)c2=O)=N1. The predicted octanol–water partition coefficient (Wildman–Crippen LogP) is 3.37. The topological polar surface area (TPSA) is 96.2 Å². The van der Waals surface area contributed by atoms with E-state index in [4.69, 9.17) is 19.2 Å². The molecule has 192 valence electrons. The summed E-state index contributed by atoms with van der Waals surface area (Å²) in [6, 6.07) is 13.4. The van der Waals surface area contributed by atoms with Crippen molar-refractivity contribution >= 4 is 29.4 Å². The lowest BCUT2D eigenvalue weighted by atomic mass is 9.94. The molecule has 1 aliphatic rings. The molecular formula is C28H28N2O6S. The van der Waals surface area contributed by atoms with E-state index in [9.17, 15) is 14.4 Å². The number of rotatable bonds is 8. The number of esters is 2. The lowest BCUT2D eigenvalue weighted by Crippen LogP contribution is -2.40. The van der Waals surface area contributed by atoms with Crippen LogP contribution in [0.2, 0.25) is 0 Å². The molecule has 0 fully saturated rings. The van der Waals surface area contributed by atoms with Crippen LogP contribution in [0.5, 0.6) is 5.75 Å². The first-order valence-electron chi connectivity index (χ1n) is 12.0. The molecule has 1 aromatic heterocycles. The van der Waals surface area contributed by atoms with Gasteiger partial charge in [0.15, 0.2) is 4.80 Å². The summed E-state index contributed by atoms with van der Waals surface area (Å²) in [7, 11) is 2.90. The molecule has 1 aliphatic heterocycles. The summed E-state index contributed by atoms with van der Waals surface area (Å²) < 4.78 is 17.6. The molecule has 1 atom stereocenters. The van der Waals surface area contributed by atoms with Crippen molar-refractivity contribution < 1.29 is 23.8 Å². The van der Waals surface area contributed by atoms with Crippen LogP contribution < -0.4 is 19.6 Å². The summed E-state index contributed by atoms with van der Waals surface area (Å²) in [5.41, 5.74) is 2.59. The number of nitrogens with zero attached hydrogens (tertiary/aromatic N) is 2. The fourth-order valence-corrected chi connectivity index (χ4v) is 5.25. The third-order valence-corrected chi connectivity index (χ3v) is 6.91. The molecule has 2 heterocycles. The molecule has 0 saturated carbocycles. The molecule has 0 saturated heterocycles. The fraction of sp³-hybridized carbons (Fsp3) is 0.286. The third-order valence-electron chi connectivity index (χ3n) is 5.93. The fourth-order valence-electron chi connectivity index (χ4n) is 4.23. The summed E-state index contributed by atoms with van der Waals surface area (Å²) in [5.74, 6) is -0.308. The number of ether oxygens (including phenoxy) is 3. The van der Waals surface area contributed by atoms with Gasteiger partial charge in [0.2, 0.25) is 0 Å². The van der Waals surface area contributed by atoms with E-state index in [1.54, 1.807) is 48.9 Å². The summed E-state index contributed by atoms with van der Waals surface area (Å²) in [4.78, 5) is 44.0. The Hall–Kier alpha value is -3.98. The molecule has 2 aromatic carbocycles. The highest BCUT2D eigenvalue weighted by Crippen LogP contribution is 2.33. The van der Waals surface area contributed by atoms with Crippen molar-refractivity contribution in [3.63, 3.8) is 0 Å². The van der Waals surface area contributed by atoms with Crippen molar-refractivity contribution in [1.82, 2.24) is 4.57 Å². The van der Waals surface area contributed by atoms with E-state index < -0.39 is 18.0 Å². The number of allylic oxidation sites excluding steroid dienone is 1. The molecular weight excluding hydrogens is 492 g/mol. The number of thiazole rings is 1. The second-order valence-corrected chi connectivity index (χ2v) is 9.31. The van der Waals surface area contributed by atoms with E-state index in [1.165, 1.54) is 18.4 Å². The summed E-state index contributed by atoms with van der Waals surface area (Å²) >= 11 is 1.26. The minimum Gasteiger partial charge on any atom is -0.497 e. The second kappa shape index (κ2) is 11.4. The Morgan fingerprint density at radius 3 is 2.49 bits per heavy atom. The number of fused-ring (bicyclic) bond motifs is 1. The molecule has 9 heteroatoms. The Kier molecular flexibility index (Phi) is 8.03. The van der Waals surface area contributed by atoms with Gasteiger partial charge in [-0.25, -0.2) is 14.6 Å². The van der Waals surface area contributed by atoms with Gasteiger partial charge in [-0.1, -0.05) is 48.9 Å². The van der Waals surface area contributed by atoms with Crippen molar-refractivity contribution in [3.05, 3.63) is 96.2 Å². The van der Waals surface area contributed by atoms with Crippen LogP contribution in [0, 0.1) is 0 Å². The van der Waals surface area contributed by atoms with Crippen LogP contribution in [-0.2, 0) is 14.3 Å². The Morgan fingerprint density at radius 1 is 1.08 bits per heavy atom. The number of aromatic nitrogens is 1. The molecule has 0 aliphatic carbocycles. The lowest BCUT2D eigenvalue weighted by molar-refractivity contribution is -0.139. The zero-order chi connectivity index (χ0) is 26.5. The maximum absolute atomic E-state index is 13.8. The van der Waals surface area contributed by atoms with Crippen LogP contribution >= 0.6 is 11.3 Å². The van der Waals surface area contributed by atoms with Crippen molar-refractivity contribution in [1.29, 1.82) is 0 Å². The zero-order valence-corrected chi connectivity index (χ0v) is 22.0. The quantitative estimate of drug-likeness (QED) is 0.423. The van der Waals surface area contributed by atoms with Crippen LogP contribution in [-0.4, -0.2) is 37.3 Å². The van der Waals surface area contributed by atoms with Gasteiger partial charge < -0.3 is 14.2 Å². The Labute approximate surface area is 218 Å². The van der Waals surface area contributed by atoms with E-state index in [1.807, 2.05) is 31.2 Å². The third kappa shape index (κ3) is 5.27. The van der Waals surface area contributed by atoms with Gasteiger partial charge in [0.25, 0.3) is 5.56 Å². The van der Waals surface area contributed by atoms with Gasteiger partial charge in [0, 0.05) is 0 Å². The van der Waals surface area contributed by atoms with E-state index in [2.05, 4.69) is 0 Å². The highest BCUT2D eigenvalue weighted by Gasteiger charge is 2.34. The Balaban J connectivity index is 1.93. The smallest absolute Gasteiger partial charge is 0.338 e. The highest BCUT2D eigenvalue weighted by atomic mass is 32.1. The molecule has 0 bridgehead atoms. The van der Waals surface area contributed by atoms with Crippen LogP contribution in [0.1, 0.15) is 54.2 Å². The Bertz CT molecular complexity index is 1530. The van der Waals surface area contributed by atoms with E-state index in [-0.39, 0.29) is 12.2 Å². The maximum atomic E-state index is 13.8. The van der Waals surface area contributed by atoms with Crippen molar-refractivity contribution in [2.45, 2.75) is 32.7 Å². The van der Waals surface area contributed by atoms with E-state index >= 15 is 0 Å². The van der Waals surface area contributed by atoms with Crippen molar-refractivity contribution in [2.24, 2.45) is 4.99 Å². The average Bonchev–Trinajstić information content (AvgIpc) is 3.22. The van der Waals surface area contributed by atoms with E-state index in [0.29, 0.717) is 38.3 Å². The van der Waals surface area contributed by atoms with Gasteiger partial charge in [-0.15, -0.1) is 0 Å². The molecule has 0 amide bonds. The molecule has 0 N–H and O–H groups in total. The molecule has 8 nitrogen and oxygen atoms in total. The van der Waals surface area contributed by atoms with Gasteiger partial charge in [0.1, 0.15) is 5.75 Å². The van der Waals surface area contributed by atoms with Crippen molar-refractivity contribution in [3.8, 4) is 5.75 Å². The molecule has 0 spiro atoms. The van der Waals surface area contributed by atoms with E-state index in [0.717, 1.165) is 17.5 Å². The number of hydrogen-bond acceptors (Lipinski definition) is 8. The average molecular weight is 521 g/mol. The van der Waals surface area contributed by atoms with Gasteiger partial charge in [-0.05, 0) is 54.8 Å². The number of carbonyl (C=O) groups is 2. The minimum absolute atomic E-state index is 0.207. The first-order chi connectivity index (χ1) is 17.9. The highest BCUT2D eigenvalue weighted by molar-refractivity contribution is 7.07. The maximum Gasteiger partial charge on any atom is 0.338 e. The second-order valence-electron chi connectivity index (χ2n) is 8.30. The van der Waals surface area contributed by atoms with Gasteiger partial charge >= 0.3 is 11.9 Å². The molecule has 3 aromatic rings. The molecule has 0 radical (unpaired) electrons. The number of hydrogen-bond donors (Lipinski definition) is 0. The monoisotopic (exact) mass is 520 g/mol. The minimum atomic E-state index is -0.712. The summed E-state index contributed by atoms with van der Waals surface area (Å²) in [6.07, 6.45) is 3.09. The first-order valence-corrected chi connectivity index (χ1v) is 12.8. The summed E-state index contributed by atoms with van der Waals surface area (Å²) in [6.45, 7) is 3.97. The summed E-state index contributed by atoms with van der Waals surface area (Å²) in [5, 5.41) is 0. The standard InChI is InChI=1S/C28H28N2O6S/c1-5-8-21-23(27(33)36-6-2)24(19-9-7-10-20(16-19)34-3)30-25(31)22(37-28(30)29-21)15-17-11-13-18(14-12-17)26(32)35-4/h7,9-16,24H,5-6,8H2,1-4H3/t24-/m1/s1. The van der Waals surface area contributed by atoms with Crippen molar-refractivity contribution in [2.75, 3.05) is 20.8 Å². The van der Waals surface area contributed by atoms with Gasteiger partial charge in [-0.3, -0.25) is 9.36 Å². The number of carbonyl (C=O) groups excluding carboxylic acids is 2. The molecule has 37 heavy (non-hydrogen) atoms. The largest absolute Gasteiger partial charge is 0.497 e. The molecule has 4 rings (SSSR count). The van der Waals surface area contributed by atoms with Crippen LogP contribution in [0.15, 0.2) is 69.6 Å². The first kappa shape index (κ1) is 26.1. The number of methoxy groups -OCH3 is 2. The van der Waals surface area contributed by atoms with Crippen LogP contribution in [0.4, 0.5) is 0 Å². The van der Waals surface area contributed by atoms with Crippen LogP contribution in [0.25, 0.3) is 6.08 Å². The van der Waals surface area contributed by atoms with Crippen LogP contribution in [0.3, 0.4) is 0 Å². The zero-order valence-electron chi connectivity index (χ0n) is 21.1. The number of benzene rings is 2. The predicted molar refractivity (Wildman–Crippen MR) is 140 cm³/mol. The lowest BCUT2D eigenvalue weighted by Gasteiger charge is -2.26.